The Morgan fingerprint density at radius 1 is 1.18 bits per heavy atom. The molecule has 2 aromatic heterocycles. The SMILES string of the molecule is Cc1nc(-c2ccsc2)sc1C(=O)OCC(=O)Nc1ccc(C(F)(F)F)cc1. The lowest BCUT2D eigenvalue weighted by Crippen LogP contribution is -2.21. The van der Waals surface area contributed by atoms with Crippen LogP contribution in [0, 0.1) is 6.92 Å². The van der Waals surface area contributed by atoms with E-state index in [-0.39, 0.29) is 5.69 Å². The Bertz CT molecular complexity index is 981. The molecule has 0 saturated carbocycles. The molecular weight excluding hydrogens is 413 g/mol. The number of thiophene rings is 1. The zero-order valence-corrected chi connectivity index (χ0v) is 16.0. The van der Waals surface area contributed by atoms with E-state index >= 15 is 0 Å². The largest absolute Gasteiger partial charge is 0.451 e. The monoisotopic (exact) mass is 426 g/mol. The summed E-state index contributed by atoms with van der Waals surface area (Å²) in [7, 11) is 0. The first-order chi connectivity index (χ1) is 13.2. The van der Waals surface area contributed by atoms with Gasteiger partial charge in [-0.2, -0.15) is 24.5 Å². The van der Waals surface area contributed by atoms with Gasteiger partial charge in [0.1, 0.15) is 9.88 Å². The van der Waals surface area contributed by atoms with E-state index < -0.39 is 30.2 Å². The number of amides is 1. The first-order valence-electron chi connectivity index (χ1n) is 7.88. The molecule has 1 amide bonds. The highest BCUT2D eigenvalue weighted by Gasteiger charge is 2.30. The van der Waals surface area contributed by atoms with Crippen molar-refractivity contribution in [2.75, 3.05) is 11.9 Å². The maximum atomic E-state index is 12.5. The number of aryl methyl sites for hydroxylation is 1. The number of thiazole rings is 1. The summed E-state index contributed by atoms with van der Waals surface area (Å²) in [6.45, 7) is 1.11. The zero-order chi connectivity index (χ0) is 20.3. The second-order valence-electron chi connectivity index (χ2n) is 5.64. The predicted octanol–water partition coefficient (Wildman–Crippen LogP) is 4.99. The lowest BCUT2D eigenvalue weighted by Gasteiger charge is -2.09. The number of benzene rings is 1. The fourth-order valence-electron chi connectivity index (χ4n) is 2.23. The number of halogens is 3. The molecule has 10 heteroatoms. The number of alkyl halides is 3. The highest BCUT2D eigenvalue weighted by Crippen LogP contribution is 2.30. The van der Waals surface area contributed by atoms with Crippen LogP contribution in [0.25, 0.3) is 10.6 Å². The van der Waals surface area contributed by atoms with Crippen molar-refractivity contribution in [3.63, 3.8) is 0 Å². The molecule has 1 aromatic carbocycles. The maximum Gasteiger partial charge on any atom is 0.416 e. The number of anilines is 1. The number of nitrogens with zero attached hydrogens (tertiary/aromatic N) is 1. The molecule has 0 atom stereocenters. The van der Waals surface area contributed by atoms with Crippen molar-refractivity contribution in [2.45, 2.75) is 13.1 Å². The number of hydrogen-bond donors (Lipinski definition) is 1. The second-order valence-corrected chi connectivity index (χ2v) is 7.42. The average Bonchev–Trinajstić information content (AvgIpc) is 3.29. The molecule has 146 valence electrons. The molecule has 28 heavy (non-hydrogen) atoms. The summed E-state index contributed by atoms with van der Waals surface area (Å²) in [6.07, 6.45) is -4.45. The molecule has 0 aliphatic rings. The van der Waals surface area contributed by atoms with Gasteiger partial charge in [-0.15, -0.1) is 11.3 Å². The number of carbonyl (C=O) groups is 2. The number of carbonyl (C=O) groups excluding carboxylic acids is 2. The average molecular weight is 426 g/mol. The molecule has 1 N–H and O–H groups in total. The topological polar surface area (TPSA) is 68.3 Å². The summed E-state index contributed by atoms with van der Waals surface area (Å²) in [5, 5.41) is 6.86. The molecule has 0 aliphatic heterocycles. The van der Waals surface area contributed by atoms with E-state index in [4.69, 9.17) is 4.74 Å². The molecule has 3 aromatic rings. The van der Waals surface area contributed by atoms with Gasteiger partial charge >= 0.3 is 12.1 Å². The first-order valence-corrected chi connectivity index (χ1v) is 9.64. The van der Waals surface area contributed by atoms with E-state index in [1.807, 2.05) is 16.8 Å². The highest BCUT2D eigenvalue weighted by molar-refractivity contribution is 7.17. The predicted molar refractivity (Wildman–Crippen MR) is 101 cm³/mol. The van der Waals surface area contributed by atoms with Crippen LogP contribution >= 0.6 is 22.7 Å². The van der Waals surface area contributed by atoms with E-state index in [0.717, 1.165) is 29.8 Å². The maximum absolute atomic E-state index is 12.5. The smallest absolute Gasteiger partial charge is 0.416 e. The van der Waals surface area contributed by atoms with Gasteiger partial charge in [-0.1, -0.05) is 0 Å². The van der Waals surface area contributed by atoms with Gasteiger partial charge in [0, 0.05) is 16.6 Å². The number of rotatable bonds is 5. The van der Waals surface area contributed by atoms with Gasteiger partial charge in [-0.3, -0.25) is 4.79 Å². The molecule has 0 aliphatic carbocycles. The number of aromatic nitrogens is 1. The number of hydrogen-bond acceptors (Lipinski definition) is 6. The molecule has 3 rings (SSSR count). The van der Waals surface area contributed by atoms with Crippen LogP contribution in [0.15, 0.2) is 41.1 Å². The first kappa shape index (κ1) is 20.0. The Morgan fingerprint density at radius 2 is 1.89 bits per heavy atom. The standard InChI is InChI=1S/C18H13F3N2O3S2/c1-10-15(28-16(22-10)11-6-7-27-9-11)17(25)26-8-14(24)23-13-4-2-12(3-5-13)18(19,20)21/h2-7,9H,8H2,1H3,(H,23,24). The van der Waals surface area contributed by atoms with Gasteiger partial charge in [-0.05, 0) is 42.6 Å². The minimum absolute atomic E-state index is 0.169. The van der Waals surface area contributed by atoms with Crippen molar-refractivity contribution < 1.29 is 27.5 Å². The van der Waals surface area contributed by atoms with Crippen molar-refractivity contribution in [3.05, 3.63) is 57.2 Å². The molecule has 2 heterocycles. The van der Waals surface area contributed by atoms with Gasteiger partial charge in [-0.25, -0.2) is 9.78 Å². The molecule has 5 nitrogen and oxygen atoms in total. The third-order valence-electron chi connectivity index (χ3n) is 3.58. The minimum Gasteiger partial charge on any atom is -0.451 e. The molecule has 0 spiro atoms. The lowest BCUT2D eigenvalue weighted by molar-refractivity contribution is -0.137. The fraction of sp³-hybridized carbons (Fsp3) is 0.167. The molecule has 0 saturated heterocycles. The number of esters is 1. The van der Waals surface area contributed by atoms with Crippen LogP contribution in [0.5, 0.6) is 0 Å². The van der Waals surface area contributed by atoms with Crippen LogP contribution in [0.1, 0.15) is 20.9 Å². The number of nitrogens with one attached hydrogen (secondary N) is 1. The van der Waals surface area contributed by atoms with Crippen LogP contribution in [0.3, 0.4) is 0 Å². The zero-order valence-electron chi connectivity index (χ0n) is 14.4. The molecule has 0 unspecified atom stereocenters. The summed E-state index contributed by atoms with van der Waals surface area (Å²) >= 11 is 2.68. The molecule has 0 bridgehead atoms. The Kier molecular flexibility index (Phi) is 5.80. The van der Waals surface area contributed by atoms with Crippen molar-refractivity contribution >= 4 is 40.2 Å². The Balaban J connectivity index is 1.57. The van der Waals surface area contributed by atoms with Crippen LogP contribution in [0.4, 0.5) is 18.9 Å². The highest BCUT2D eigenvalue weighted by atomic mass is 32.1. The lowest BCUT2D eigenvalue weighted by atomic mass is 10.2. The Morgan fingerprint density at radius 3 is 2.50 bits per heavy atom. The quantitative estimate of drug-likeness (QED) is 0.584. The van der Waals surface area contributed by atoms with E-state index in [0.29, 0.717) is 15.6 Å². The van der Waals surface area contributed by atoms with Crippen molar-refractivity contribution in [1.82, 2.24) is 4.98 Å². The van der Waals surface area contributed by atoms with Gasteiger partial charge in [0.15, 0.2) is 6.61 Å². The van der Waals surface area contributed by atoms with Crippen molar-refractivity contribution in [1.29, 1.82) is 0 Å². The molecule has 0 radical (unpaired) electrons. The minimum atomic E-state index is -4.45. The Labute approximate surface area is 165 Å². The van der Waals surface area contributed by atoms with E-state index in [1.165, 1.54) is 22.7 Å². The van der Waals surface area contributed by atoms with E-state index in [1.54, 1.807) is 6.92 Å². The summed E-state index contributed by atoms with van der Waals surface area (Å²) in [4.78, 5) is 28.7. The number of ether oxygens (including phenoxy) is 1. The van der Waals surface area contributed by atoms with Crippen LogP contribution in [-0.4, -0.2) is 23.5 Å². The van der Waals surface area contributed by atoms with Crippen molar-refractivity contribution in [2.24, 2.45) is 0 Å². The normalized spacial score (nSPS) is 11.3. The van der Waals surface area contributed by atoms with Crippen LogP contribution in [-0.2, 0) is 15.7 Å². The second kappa shape index (κ2) is 8.11. The third-order valence-corrected chi connectivity index (χ3v) is 5.45. The van der Waals surface area contributed by atoms with E-state index in [9.17, 15) is 22.8 Å². The van der Waals surface area contributed by atoms with Crippen LogP contribution < -0.4 is 5.32 Å². The van der Waals surface area contributed by atoms with Gasteiger partial charge in [0.25, 0.3) is 5.91 Å². The van der Waals surface area contributed by atoms with Crippen molar-refractivity contribution in [3.8, 4) is 10.6 Å². The fourth-order valence-corrected chi connectivity index (χ4v) is 3.90. The van der Waals surface area contributed by atoms with Gasteiger partial charge < -0.3 is 10.1 Å². The Hall–Kier alpha value is -2.72. The summed E-state index contributed by atoms with van der Waals surface area (Å²) in [5.41, 5.74) is 0.748. The summed E-state index contributed by atoms with van der Waals surface area (Å²) < 4.78 is 42.6. The molecular formula is C18H13F3N2O3S2. The van der Waals surface area contributed by atoms with Gasteiger partial charge in [0.2, 0.25) is 0 Å². The van der Waals surface area contributed by atoms with Crippen LogP contribution in [0.2, 0.25) is 0 Å². The third kappa shape index (κ3) is 4.76. The molecule has 0 fully saturated rings. The van der Waals surface area contributed by atoms with Gasteiger partial charge in [0.05, 0.1) is 11.3 Å². The van der Waals surface area contributed by atoms with E-state index in [2.05, 4.69) is 10.3 Å². The summed E-state index contributed by atoms with van der Waals surface area (Å²) in [6, 6.07) is 5.85. The summed E-state index contributed by atoms with van der Waals surface area (Å²) in [5.74, 6) is -1.34.